The van der Waals surface area contributed by atoms with Crippen molar-refractivity contribution in [2.24, 2.45) is 11.8 Å². The SMILES string of the molecule is CCOC(=O)C1(C2CCCCC2)SC(NC(=O)COc2ccccc2)CC1C. The Morgan fingerprint density at radius 2 is 1.89 bits per heavy atom. The van der Waals surface area contributed by atoms with Crippen LogP contribution in [0.25, 0.3) is 0 Å². The van der Waals surface area contributed by atoms with Crippen molar-refractivity contribution in [1.29, 1.82) is 0 Å². The average Bonchev–Trinajstić information content (AvgIpc) is 3.05. The second kappa shape index (κ2) is 9.68. The third-order valence-corrected chi connectivity index (χ3v) is 7.77. The molecule has 28 heavy (non-hydrogen) atoms. The maximum absolute atomic E-state index is 13.0. The van der Waals surface area contributed by atoms with Crippen molar-refractivity contribution in [3.8, 4) is 5.75 Å². The van der Waals surface area contributed by atoms with Crippen LogP contribution in [0.15, 0.2) is 30.3 Å². The lowest BCUT2D eigenvalue weighted by Crippen LogP contribution is -2.47. The second-order valence-corrected chi connectivity index (χ2v) is 9.24. The van der Waals surface area contributed by atoms with Crippen LogP contribution in [-0.2, 0) is 14.3 Å². The molecule has 154 valence electrons. The van der Waals surface area contributed by atoms with Crippen molar-refractivity contribution in [1.82, 2.24) is 5.32 Å². The van der Waals surface area contributed by atoms with Crippen molar-refractivity contribution in [3.05, 3.63) is 30.3 Å². The summed E-state index contributed by atoms with van der Waals surface area (Å²) in [5.74, 6) is 0.907. The first-order valence-electron chi connectivity index (χ1n) is 10.4. The van der Waals surface area contributed by atoms with Gasteiger partial charge in [0.2, 0.25) is 0 Å². The van der Waals surface area contributed by atoms with Gasteiger partial charge in [-0.25, -0.2) is 0 Å². The summed E-state index contributed by atoms with van der Waals surface area (Å²) in [5.41, 5.74) is 0. The Hall–Kier alpha value is -1.69. The fourth-order valence-corrected chi connectivity index (χ4v) is 6.52. The Balaban J connectivity index is 1.64. The predicted molar refractivity (Wildman–Crippen MR) is 111 cm³/mol. The molecular formula is C22H31NO4S. The maximum Gasteiger partial charge on any atom is 0.322 e. The van der Waals surface area contributed by atoms with Crippen LogP contribution in [0.4, 0.5) is 0 Å². The van der Waals surface area contributed by atoms with E-state index in [1.54, 1.807) is 11.8 Å². The van der Waals surface area contributed by atoms with Gasteiger partial charge in [-0.2, -0.15) is 0 Å². The molecule has 6 heteroatoms. The van der Waals surface area contributed by atoms with Gasteiger partial charge in [-0.15, -0.1) is 11.8 Å². The Morgan fingerprint density at radius 1 is 1.18 bits per heavy atom. The number of thioether (sulfide) groups is 1. The molecular weight excluding hydrogens is 374 g/mol. The minimum Gasteiger partial charge on any atom is -0.484 e. The topological polar surface area (TPSA) is 64.6 Å². The zero-order valence-electron chi connectivity index (χ0n) is 16.8. The molecule has 2 aliphatic rings. The molecule has 1 amide bonds. The monoisotopic (exact) mass is 405 g/mol. The van der Waals surface area contributed by atoms with Gasteiger partial charge >= 0.3 is 5.97 Å². The van der Waals surface area contributed by atoms with E-state index in [4.69, 9.17) is 9.47 Å². The highest BCUT2D eigenvalue weighted by molar-refractivity contribution is 8.02. The Labute approximate surface area is 171 Å². The van der Waals surface area contributed by atoms with Crippen LogP contribution in [0, 0.1) is 11.8 Å². The van der Waals surface area contributed by atoms with Gasteiger partial charge in [0.1, 0.15) is 10.5 Å². The normalized spacial score (nSPS) is 27.9. The van der Waals surface area contributed by atoms with Crippen molar-refractivity contribution in [2.45, 2.75) is 62.5 Å². The lowest BCUT2D eigenvalue weighted by Gasteiger charge is -2.40. The molecule has 0 bridgehead atoms. The summed E-state index contributed by atoms with van der Waals surface area (Å²) in [6, 6.07) is 9.31. The molecule has 0 spiro atoms. The van der Waals surface area contributed by atoms with Crippen LogP contribution in [-0.4, -0.2) is 35.2 Å². The number of amides is 1. The largest absolute Gasteiger partial charge is 0.484 e. The van der Waals surface area contributed by atoms with Gasteiger partial charge in [0, 0.05) is 0 Å². The fraction of sp³-hybridized carbons (Fsp3) is 0.636. The maximum atomic E-state index is 13.0. The summed E-state index contributed by atoms with van der Waals surface area (Å²) < 4.78 is 10.5. The van der Waals surface area contributed by atoms with Crippen LogP contribution in [0.5, 0.6) is 5.75 Å². The number of benzene rings is 1. The van der Waals surface area contributed by atoms with E-state index in [1.165, 1.54) is 19.3 Å². The van der Waals surface area contributed by atoms with E-state index in [0.29, 0.717) is 18.3 Å². The van der Waals surface area contributed by atoms with Crippen LogP contribution in [0.1, 0.15) is 52.4 Å². The molecule has 0 aromatic heterocycles. The Kier molecular flexibility index (Phi) is 7.27. The number of carbonyl (C=O) groups excluding carboxylic acids is 2. The molecule has 1 aliphatic carbocycles. The second-order valence-electron chi connectivity index (χ2n) is 7.76. The number of carbonyl (C=O) groups is 2. The number of nitrogens with one attached hydrogen (secondary N) is 1. The van der Waals surface area contributed by atoms with E-state index in [0.717, 1.165) is 19.3 Å². The number of hydrogen-bond donors (Lipinski definition) is 1. The van der Waals surface area contributed by atoms with E-state index in [9.17, 15) is 9.59 Å². The summed E-state index contributed by atoms with van der Waals surface area (Å²) >= 11 is 1.61. The molecule has 1 aromatic rings. The van der Waals surface area contributed by atoms with Crippen LogP contribution >= 0.6 is 11.8 Å². The molecule has 1 saturated carbocycles. The fourth-order valence-electron chi connectivity index (χ4n) is 4.56. The molecule has 1 saturated heterocycles. The molecule has 2 fully saturated rings. The zero-order chi connectivity index (χ0) is 20.0. The third-order valence-electron chi connectivity index (χ3n) is 5.88. The van der Waals surface area contributed by atoms with Crippen LogP contribution in [0.2, 0.25) is 0 Å². The van der Waals surface area contributed by atoms with Crippen molar-refractivity contribution in [3.63, 3.8) is 0 Å². The van der Waals surface area contributed by atoms with Gasteiger partial charge in [-0.3, -0.25) is 9.59 Å². The minimum atomic E-state index is -0.547. The average molecular weight is 406 g/mol. The van der Waals surface area contributed by atoms with Crippen LogP contribution in [0.3, 0.4) is 0 Å². The van der Waals surface area contributed by atoms with E-state index in [-0.39, 0.29) is 29.8 Å². The lowest BCUT2D eigenvalue weighted by atomic mass is 9.73. The van der Waals surface area contributed by atoms with Crippen molar-refractivity contribution in [2.75, 3.05) is 13.2 Å². The molecule has 5 nitrogen and oxygen atoms in total. The van der Waals surface area contributed by atoms with E-state index in [1.807, 2.05) is 37.3 Å². The molecule has 1 aromatic carbocycles. The summed E-state index contributed by atoms with van der Waals surface area (Å²) in [7, 11) is 0. The molecule has 1 aliphatic heterocycles. The minimum absolute atomic E-state index is 0.0225. The third kappa shape index (κ3) is 4.65. The first-order valence-corrected chi connectivity index (χ1v) is 11.3. The van der Waals surface area contributed by atoms with Gasteiger partial charge in [0.15, 0.2) is 6.61 Å². The number of esters is 1. The predicted octanol–water partition coefficient (Wildman–Crippen LogP) is 4.16. The summed E-state index contributed by atoms with van der Waals surface area (Å²) in [5, 5.41) is 2.97. The number of para-hydroxylation sites is 1. The van der Waals surface area contributed by atoms with Gasteiger partial charge in [0.05, 0.1) is 12.0 Å². The van der Waals surface area contributed by atoms with Crippen molar-refractivity contribution >= 4 is 23.6 Å². The quantitative estimate of drug-likeness (QED) is 0.690. The van der Waals surface area contributed by atoms with Crippen molar-refractivity contribution < 1.29 is 19.1 Å². The molecule has 3 atom stereocenters. The molecule has 3 rings (SSSR count). The lowest BCUT2D eigenvalue weighted by molar-refractivity contribution is -0.149. The number of hydrogen-bond acceptors (Lipinski definition) is 5. The Bertz CT molecular complexity index is 662. The smallest absolute Gasteiger partial charge is 0.322 e. The molecule has 1 N–H and O–H groups in total. The first kappa shape index (κ1) is 21.0. The Morgan fingerprint density at radius 3 is 2.57 bits per heavy atom. The number of ether oxygens (including phenoxy) is 2. The van der Waals surface area contributed by atoms with Gasteiger partial charge in [-0.1, -0.05) is 44.4 Å². The summed E-state index contributed by atoms with van der Waals surface area (Å²) in [6.45, 7) is 4.36. The molecule has 3 unspecified atom stereocenters. The zero-order valence-corrected chi connectivity index (χ0v) is 17.6. The van der Waals surface area contributed by atoms with Gasteiger partial charge in [0.25, 0.3) is 5.91 Å². The molecule has 1 heterocycles. The highest BCUT2D eigenvalue weighted by Crippen LogP contribution is 2.55. The van der Waals surface area contributed by atoms with Gasteiger partial charge in [-0.05, 0) is 50.2 Å². The van der Waals surface area contributed by atoms with E-state index < -0.39 is 4.75 Å². The van der Waals surface area contributed by atoms with E-state index in [2.05, 4.69) is 12.2 Å². The molecule has 0 radical (unpaired) electrons. The standard InChI is InChI=1S/C22H31NO4S/c1-3-26-21(25)22(17-10-6-4-7-11-17)16(2)14-20(28-22)23-19(24)15-27-18-12-8-5-9-13-18/h5,8-9,12-13,16-17,20H,3-4,6-7,10-11,14-15H2,1-2H3,(H,23,24). The summed E-state index contributed by atoms with van der Waals surface area (Å²) in [6.07, 6.45) is 6.48. The number of rotatable bonds is 7. The highest BCUT2D eigenvalue weighted by atomic mass is 32.2. The first-order chi connectivity index (χ1) is 13.6. The summed E-state index contributed by atoms with van der Waals surface area (Å²) in [4.78, 5) is 25.4. The van der Waals surface area contributed by atoms with E-state index >= 15 is 0 Å². The van der Waals surface area contributed by atoms with Crippen LogP contribution < -0.4 is 10.1 Å². The van der Waals surface area contributed by atoms with Gasteiger partial charge < -0.3 is 14.8 Å². The highest BCUT2D eigenvalue weighted by Gasteiger charge is 2.57.